The lowest BCUT2D eigenvalue weighted by Crippen LogP contribution is -2.41. The standard InChI is InChI=1S/C17H14BrN5O/c1-11-16-5-4-14(9-19)22(16)7-6-21(11)17(24)15-8-13-3-2-12(18)10-23(13)20-15/h2-5,8,10-11H,6-7H2,1H3. The summed E-state index contributed by atoms with van der Waals surface area (Å²) in [6.45, 7) is 3.17. The molecule has 1 unspecified atom stereocenters. The van der Waals surface area contributed by atoms with Crippen LogP contribution in [0, 0.1) is 11.3 Å². The van der Waals surface area contributed by atoms with Crippen LogP contribution < -0.4 is 0 Å². The fourth-order valence-electron chi connectivity index (χ4n) is 3.25. The van der Waals surface area contributed by atoms with Crippen LogP contribution in [-0.4, -0.2) is 31.5 Å². The summed E-state index contributed by atoms with van der Waals surface area (Å²) in [6.07, 6.45) is 1.83. The van der Waals surface area contributed by atoms with Crippen molar-refractivity contribution in [2.75, 3.05) is 6.54 Å². The normalized spacial score (nSPS) is 16.9. The molecule has 1 amide bonds. The second-order valence-corrected chi connectivity index (χ2v) is 6.74. The summed E-state index contributed by atoms with van der Waals surface area (Å²) >= 11 is 3.41. The van der Waals surface area contributed by atoms with E-state index in [-0.39, 0.29) is 11.9 Å². The second kappa shape index (κ2) is 5.49. The van der Waals surface area contributed by atoms with E-state index in [9.17, 15) is 4.79 Å². The van der Waals surface area contributed by atoms with Gasteiger partial charge in [-0.25, -0.2) is 4.52 Å². The Kier molecular flexibility index (Phi) is 3.43. The Hall–Kier alpha value is -2.59. The molecule has 0 fully saturated rings. The molecule has 4 rings (SSSR count). The van der Waals surface area contributed by atoms with Crippen LogP contribution in [0.4, 0.5) is 0 Å². The van der Waals surface area contributed by atoms with Gasteiger partial charge in [0.05, 0.1) is 11.6 Å². The molecule has 4 heterocycles. The van der Waals surface area contributed by atoms with Crippen LogP contribution in [0.5, 0.6) is 0 Å². The number of nitriles is 1. The van der Waals surface area contributed by atoms with Gasteiger partial charge in [-0.3, -0.25) is 4.79 Å². The second-order valence-electron chi connectivity index (χ2n) is 5.83. The lowest BCUT2D eigenvalue weighted by atomic mass is 10.1. The van der Waals surface area contributed by atoms with Gasteiger partial charge in [-0.05, 0) is 53.2 Å². The highest BCUT2D eigenvalue weighted by Crippen LogP contribution is 2.28. The van der Waals surface area contributed by atoms with Gasteiger partial charge in [0.2, 0.25) is 0 Å². The Bertz CT molecular complexity index is 996. The van der Waals surface area contributed by atoms with Crippen LogP contribution in [0.15, 0.2) is 41.0 Å². The molecule has 0 N–H and O–H groups in total. The van der Waals surface area contributed by atoms with Crippen molar-refractivity contribution in [1.82, 2.24) is 19.1 Å². The number of rotatable bonds is 1. The maximum atomic E-state index is 12.9. The SMILES string of the molecule is CC1c2ccc(C#N)n2CCN1C(=O)c1cc2ccc(Br)cn2n1. The zero-order valence-electron chi connectivity index (χ0n) is 13.0. The molecule has 3 aromatic rings. The van der Waals surface area contributed by atoms with Gasteiger partial charge < -0.3 is 9.47 Å². The molecular weight excluding hydrogens is 370 g/mol. The van der Waals surface area contributed by atoms with Crippen molar-refractivity contribution in [2.45, 2.75) is 19.5 Å². The van der Waals surface area contributed by atoms with Gasteiger partial charge in [-0.2, -0.15) is 10.4 Å². The number of pyridine rings is 1. The van der Waals surface area contributed by atoms with Crippen LogP contribution in [0.2, 0.25) is 0 Å². The summed E-state index contributed by atoms with van der Waals surface area (Å²) < 4.78 is 4.59. The number of nitrogens with zero attached hydrogens (tertiary/aromatic N) is 5. The van der Waals surface area contributed by atoms with E-state index < -0.39 is 0 Å². The van der Waals surface area contributed by atoms with Gasteiger partial charge in [0.1, 0.15) is 11.8 Å². The third-order valence-corrected chi connectivity index (χ3v) is 4.96. The lowest BCUT2D eigenvalue weighted by molar-refractivity contribution is 0.0637. The minimum atomic E-state index is -0.0927. The number of fused-ring (bicyclic) bond motifs is 2. The highest BCUT2D eigenvalue weighted by atomic mass is 79.9. The van der Waals surface area contributed by atoms with E-state index in [2.05, 4.69) is 27.1 Å². The number of aromatic nitrogens is 3. The van der Waals surface area contributed by atoms with E-state index in [1.165, 1.54) is 0 Å². The number of hydrogen-bond acceptors (Lipinski definition) is 3. The number of hydrogen-bond donors (Lipinski definition) is 0. The molecule has 24 heavy (non-hydrogen) atoms. The zero-order chi connectivity index (χ0) is 16.8. The minimum absolute atomic E-state index is 0.0896. The maximum absolute atomic E-state index is 12.9. The molecule has 1 atom stereocenters. The Morgan fingerprint density at radius 1 is 1.33 bits per heavy atom. The zero-order valence-corrected chi connectivity index (χ0v) is 14.6. The monoisotopic (exact) mass is 383 g/mol. The molecule has 6 nitrogen and oxygen atoms in total. The maximum Gasteiger partial charge on any atom is 0.275 e. The predicted octanol–water partition coefficient (Wildman–Crippen LogP) is 2.99. The van der Waals surface area contributed by atoms with Gasteiger partial charge in [0, 0.05) is 29.5 Å². The number of carbonyl (C=O) groups is 1. The van der Waals surface area contributed by atoms with Gasteiger partial charge in [-0.15, -0.1) is 0 Å². The average Bonchev–Trinajstić information content (AvgIpc) is 3.18. The first-order valence-electron chi connectivity index (χ1n) is 7.64. The third-order valence-electron chi connectivity index (χ3n) is 4.49. The number of carbonyl (C=O) groups excluding carboxylic acids is 1. The molecule has 0 spiro atoms. The summed E-state index contributed by atoms with van der Waals surface area (Å²) in [5, 5.41) is 13.6. The van der Waals surface area contributed by atoms with E-state index in [1.807, 2.05) is 46.9 Å². The van der Waals surface area contributed by atoms with Crippen molar-refractivity contribution < 1.29 is 4.79 Å². The van der Waals surface area contributed by atoms with Crippen LogP contribution in [0.3, 0.4) is 0 Å². The highest BCUT2D eigenvalue weighted by Gasteiger charge is 2.30. The molecule has 0 aliphatic carbocycles. The predicted molar refractivity (Wildman–Crippen MR) is 91.5 cm³/mol. The topological polar surface area (TPSA) is 66.3 Å². The molecule has 3 aromatic heterocycles. The summed E-state index contributed by atoms with van der Waals surface area (Å²) in [6, 6.07) is 11.5. The minimum Gasteiger partial charge on any atom is -0.333 e. The molecule has 0 saturated heterocycles. The van der Waals surface area contributed by atoms with Crippen molar-refractivity contribution in [2.24, 2.45) is 0 Å². The number of halogens is 1. The summed E-state index contributed by atoms with van der Waals surface area (Å²) in [5.74, 6) is -0.0896. The summed E-state index contributed by atoms with van der Waals surface area (Å²) in [4.78, 5) is 14.7. The molecular formula is C17H14BrN5O. The number of amides is 1. The molecule has 120 valence electrons. The van der Waals surface area contributed by atoms with Gasteiger partial charge in [0.25, 0.3) is 5.91 Å². The van der Waals surface area contributed by atoms with Crippen LogP contribution in [-0.2, 0) is 6.54 Å². The average molecular weight is 384 g/mol. The lowest BCUT2D eigenvalue weighted by Gasteiger charge is -2.34. The quantitative estimate of drug-likeness (QED) is 0.648. The van der Waals surface area contributed by atoms with Gasteiger partial charge in [-0.1, -0.05) is 0 Å². The third kappa shape index (κ3) is 2.22. The van der Waals surface area contributed by atoms with Crippen molar-refractivity contribution in [3.05, 3.63) is 58.1 Å². The molecule has 0 saturated carbocycles. The van der Waals surface area contributed by atoms with Crippen molar-refractivity contribution in [3.8, 4) is 6.07 Å². The largest absolute Gasteiger partial charge is 0.333 e. The van der Waals surface area contributed by atoms with E-state index in [0.717, 1.165) is 15.7 Å². The van der Waals surface area contributed by atoms with Crippen molar-refractivity contribution in [3.63, 3.8) is 0 Å². The van der Waals surface area contributed by atoms with Crippen LogP contribution in [0.25, 0.3) is 5.52 Å². The first-order valence-corrected chi connectivity index (χ1v) is 8.43. The van der Waals surface area contributed by atoms with E-state index in [0.29, 0.717) is 24.5 Å². The van der Waals surface area contributed by atoms with Crippen molar-refractivity contribution >= 4 is 27.4 Å². The van der Waals surface area contributed by atoms with E-state index >= 15 is 0 Å². The highest BCUT2D eigenvalue weighted by molar-refractivity contribution is 9.10. The summed E-state index contributed by atoms with van der Waals surface area (Å²) in [7, 11) is 0. The Labute approximate surface area is 147 Å². The first-order chi connectivity index (χ1) is 11.6. The fraction of sp³-hybridized carbons (Fsp3) is 0.235. The van der Waals surface area contributed by atoms with E-state index in [4.69, 9.17) is 5.26 Å². The van der Waals surface area contributed by atoms with Crippen molar-refractivity contribution in [1.29, 1.82) is 5.26 Å². The molecule has 7 heteroatoms. The van der Waals surface area contributed by atoms with E-state index in [1.54, 1.807) is 10.6 Å². The van der Waals surface area contributed by atoms with Crippen LogP contribution >= 0.6 is 15.9 Å². The molecule has 1 aliphatic heterocycles. The molecule has 0 bridgehead atoms. The molecule has 0 radical (unpaired) electrons. The smallest absolute Gasteiger partial charge is 0.275 e. The fourth-order valence-corrected chi connectivity index (χ4v) is 3.57. The van der Waals surface area contributed by atoms with Crippen LogP contribution in [0.1, 0.15) is 34.8 Å². The van der Waals surface area contributed by atoms with Gasteiger partial charge >= 0.3 is 0 Å². The Morgan fingerprint density at radius 2 is 2.17 bits per heavy atom. The molecule has 1 aliphatic rings. The van der Waals surface area contributed by atoms with Gasteiger partial charge in [0.15, 0.2) is 5.69 Å². The Morgan fingerprint density at radius 3 is 2.96 bits per heavy atom. The summed E-state index contributed by atoms with van der Waals surface area (Å²) in [5.41, 5.74) is 2.93. The Balaban J connectivity index is 1.68. The first kappa shape index (κ1) is 15.0. The molecule has 0 aromatic carbocycles.